The van der Waals surface area contributed by atoms with Crippen LogP contribution in [0.2, 0.25) is 0 Å². The predicted octanol–water partition coefficient (Wildman–Crippen LogP) is 2.57. The van der Waals surface area contributed by atoms with Gasteiger partial charge in [-0.1, -0.05) is 19.3 Å². The zero-order valence-corrected chi connectivity index (χ0v) is 11.7. The number of furan rings is 1. The van der Waals surface area contributed by atoms with Crippen LogP contribution >= 0.6 is 0 Å². The molecule has 1 saturated carbocycles. The molecule has 0 aliphatic heterocycles. The van der Waals surface area contributed by atoms with Gasteiger partial charge in [0, 0.05) is 6.54 Å². The molecule has 0 saturated heterocycles. The maximum atomic E-state index is 12.0. The molecule has 4 nitrogen and oxygen atoms in total. The van der Waals surface area contributed by atoms with Crippen molar-refractivity contribution in [2.24, 2.45) is 5.92 Å². The van der Waals surface area contributed by atoms with Gasteiger partial charge in [0.25, 0.3) is 5.91 Å². The lowest BCUT2D eigenvalue weighted by molar-refractivity contribution is 0.0737. The maximum absolute atomic E-state index is 12.0. The highest BCUT2D eigenvalue weighted by atomic mass is 16.3. The number of hydrogen-bond acceptors (Lipinski definition) is 3. The Morgan fingerprint density at radius 3 is 2.68 bits per heavy atom. The molecule has 4 heteroatoms. The van der Waals surface area contributed by atoms with Crippen LogP contribution in [0.4, 0.5) is 0 Å². The Bertz CT molecular complexity index is 433. The third-order valence-electron chi connectivity index (χ3n) is 3.95. The molecule has 0 bridgehead atoms. The SMILES string of the molecule is Cc1cc(C(=O)NC[C@@H](O)C2CCCCC2)c(C)o1. The Hall–Kier alpha value is -1.29. The molecule has 1 heterocycles. The van der Waals surface area contributed by atoms with Gasteiger partial charge >= 0.3 is 0 Å². The summed E-state index contributed by atoms with van der Waals surface area (Å²) in [6.45, 7) is 3.92. The summed E-state index contributed by atoms with van der Waals surface area (Å²) < 4.78 is 5.34. The van der Waals surface area contributed by atoms with Gasteiger partial charge in [0.05, 0.1) is 11.7 Å². The van der Waals surface area contributed by atoms with Crippen LogP contribution in [0, 0.1) is 19.8 Å². The third-order valence-corrected chi connectivity index (χ3v) is 3.95. The highest BCUT2D eigenvalue weighted by molar-refractivity contribution is 5.95. The summed E-state index contributed by atoms with van der Waals surface area (Å²) in [6, 6.07) is 1.73. The molecule has 0 spiro atoms. The molecule has 1 atom stereocenters. The topological polar surface area (TPSA) is 62.5 Å². The van der Waals surface area contributed by atoms with Crippen LogP contribution in [0.25, 0.3) is 0 Å². The Morgan fingerprint density at radius 2 is 2.11 bits per heavy atom. The number of hydrogen-bond donors (Lipinski definition) is 2. The second-order valence-electron chi connectivity index (χ2n) is 5.50. The van der Waals surface area contributed by atoms with E-state index in [1.165, 1.54) is 19.3 Å². The van der Waals surface area contributed by atoms with E-state index in [2.05, 4.69) is 5.32 Å². The van der Waals surface area contributed by atoms with Crippen molar-refractivity contribution in [2.75, 3.05) is 6.54 Å². The average Bonchev–Trinajstić information content (AvgIpc) is 2.75. The van der Waals surface area contributed by atoms with Gasteiger partial charge < -0.3 is 14.8 Å². The summed E-state index contributed by atoms with van der Waals surface area (Å²) in [7, 11) is 0. The lowest BCUT2D eigenvalue weighted by atomic mass is 9.85. The molecule has 1 amide bonds. The second kappa shape index (κ2) is 6.24. The summed E-state index contributed by atoms with van der Waals surface area (Å²) in [5.41, 5.74) is 0.563. The number of amides is 1. The zero-order valence-electron chi connectivity index (χ0n) is 11.7. The van der Waals surface area contributed by atoms with Crippen LogP contribution in [0.3, 0.4) is 0 Å². The molecule has 0 radical (unpaired) electrons. The Morgan fingerprint density at radius 1 is 1.42 bits per heavy atom. The molecule has 2 N–H and O–H groups in total. The molecule has 19 heavy (non-hydrogen) atoms. The van der Waals surface area contributed by atoms with Gasteiger partial charge in [-0.2, -0.15) is 0 Å². The van der Waals surface area contributed by atoms with Gasteiger partial charge in [-0.05, 0) is 38.7 Å². The number of rotatable bonds is 4. The lowest BCUT2D eigenvalue weighted by Crippen LogP contribution is -2.37. The average molecular weight is 265 g/mol. The normalized spacial score (nSPS) is 18.3. The fourth-order valence-corrected chi connectivity index (χ4v) is 2.83. The van der Waals surface area contributed by atoms with E-state index in [9.17, 15) is 9.90 Å². The van der Waals surface area contributed by atoms with Crippen LogP contribution in [0.1, 0.15) is 54.0 Å². The van der Waals surface area contributed by atoms with Crippen molar-refractivity contribution in [1.82, 2.24) is 5.32 Å². The van der Waals surface area contributed by atoms with E-state index in [0.29, 0.717) is 23.8 Å². The van der Waals surface area contributed by atoms with E-state index in [-0.39, 0.29) is 5.91 Å². The van der Waals surface area contributed by atoms with Crippen molar-refractivity contribution >= 4 is 5.91 Å². The molecule has 2 rings (SSSR count). The number of carbonyl (C=O) groups excluding carboxylic acids is 1. The van der Waals surface area contributed by atoms with Gasteiger partial charge in [-0.3, -0.25) is 4.79 Å². The maximum Gasteiger partial charge on any atom is 0.254 e. The summed E-state index contributed by atoms with van der Waals surface area (Å²) in [5.74, 6) is 1.53. The van der Waals surface area contributed by atoms with E-state index in [4.69, 9.17) is 4.42 Å². The zero-order chi connectivity index (χ0) is 13.8. The molecule has 106 valence electrons. The number of aryl methyl sites for hydroxylation is 2. The van der Waals surface area contributed by atoms with E-state index in [1.807, 2.05) is 6.92 Å². The molecule has 1 aromatic rings. The van der Waals surface area contributed by atoms with E-state index in [1.54, 1.807) is 13.0 Å². The molecule has 0 aromatic carbocycles. The summed E-state index contributed by atoms with van der Waals surface area (Å²) in [5, 5.41) is 12.9. The number of nitrogens with one attached hydrogen (secondary N) is 1. The first-order valence-corrected chi connectivity index (χ1v) is 7.11. The van der Waals surface area contributed by atoms with E-state index < -0.39 is 6.10 Å². The largest absolute Gasteiger partial charge is 0.466 e. The van der Waals surface area contributed by atoms with Crippen molar-refractivity contribution in [2.45, 2.75) is 52.1 Å². The molecule has 1 fully saturated rings. The van der Waals surface area contributed by atoms with Crippen LogP contribution in [-0.2, 0) is 0 Å². The highest BCUT2D eigenvalue weighted by Gasteiger charge is 2.22. The molecule has 1 aliphatic carbocycles. The lowest BCUT2D eigenvalue weighted by Gasteiger charge is -2.26. The number of aliphatic hydroxyl groups excluding tert-OH is 1. The van der Waals surface area contributed by atoms with Crippen molar-refractivity contribution in [3.63, 3.8) is 0 Å². The summed E-state index contributed by atoms with van der Waals surface area (Å²) in [4.78, 5) is 12.0. The first-order valence-electron chi connectivity index (χ1n) is 7.11. The van der Waals surface area contributed by atoms with Crippen molar-refractivity contribution in [3.05, 3.63) is 23.2 Å². The van der Waals surface area contributed by atoms with E-state index in [0.717, 1.165) is 18.6 Å². The minimum Gasteiger partial charge on any atom is -0.466 e. The Kier molecular flexibility index (Phi) is 4.64. The minimum atomic E-state index is -0.433. The second-order valence-corrected chi connectivity index (χ2v) is 5.50. The van der Waals surface area contributed by atoms with Gasteiger partial charge in [-0.15, -0.1) is 0 Å². The number of aliphatic hydroxyl groups is 1. The monoisotopic (exact) mass is 265 g/mol. The summed E-state index contributed by atoms with van der Waals surface area (Å²) >= 11 is 0. The van der Waals surface area contributed by atoms with Crippen LogP contribution < -0.4 is 5.32 Å². The quantitative estimate of drug-likeness (QED) is 0.879. The van der Waals surface area contributed by atoms with Crippen LogP contribution in [0.15, 0.2) is 10.5 Å². The van der Waals surface area contributed by atoms with Gasteiger partial charge in [0.2, 0.25) is 0 Å². The molecule has 1 aliphatic rings. The fraction of sp³-hybridized carbons (Fsp3) is 0.667. The summed E-state index contributed by atoms with van der Waals surface area (Å²) in [6.07, 6.45) is 5.36. The minimum absolute atomic E-state index is 0.163. The fourth-order valence-electron chi connectivity index (χ4n) is 2.83. The first kappa shape index (κ1) is 14.1. The predicted molar refractivity (Wildman–Crippen MR) is 73.1 cm³/mol. The number of carbonyl (C=O) groups is 1. The van der Waals surface area contributed by atoms with Crippen LogP contribution in [-0.4, -0.2) is 23.7 Å². The van der Waals surface area contributed by atoms with E-state index >= 15 is 0 Å². The Balaban J connectivity index is 1.84. The van der Waals surface area contributed by atoms with Crippen molar-refractivity contribution in [3.8, 4) is 0 Å². The molecule has 1 aromatic heterocycles. The standard InChI is InChI=1S/C15H23NO3/c1-10-8-13(11(2)19-10)15(18)16-9-14(17)12-6-4-3-5-7-12/h8,12,14,17H,3-7,9H2,1-2H3,(H,16,18)/t14-/m1/s1. The third kappa shape index (κ3) is 3.60. The van der Waals surface area contributed by atoms with Crippen molar-refractivity contribution in [1.29, 1.82) is 0 Å². The molecular weight excluding hydrogens is 242 g/mol. The van der Waals surface area contributed by atoms with Gasteiger partial charge in [-0.25, -0.2) is 0 Å². The van der Waals surface area contributed by atoms with Gasteiger partial charge in [0.1, 0.15) is 11.5 Å². The van der Waals surface area contributed by atoms with Crippen molar-refractivity contribution < 1.29 is 14.3 Å². The van der Waals surface area contributed by atoms with Crippen LogP contribution in [0.5, 0.6) is 0 Å². The first-order chi connectivity index (χ1) is 9.08. The smallest absolute Gasteiger partial charge is 0.254 e. The molecule has 0 unspecified atom stereocenters. The Labute approximate surface area is 114 Å². The molecular formula is C15H23NO3. The van der Waals surface area contributed by atoms with Gasteiger partial charge in [0.15, 0.2) is 0 Å². The highest BCUT2D eigenvalue weighted by Crippen LogP contribution is 2.26.